The zero-order chi connectivity index (χ0) is 17.4. The van der Waals surface area contributed by atoms with E-state index in [9.17, 15) is 0 Å². The predicted octanol–water partition coefficient (Wildman–Crippen LogP) is 4.45. The average Bonchev–Trinajstić information content (AvgIpc) is 2.63. The summed E-state index contributed by atoms with van der Waals surface area (Å²) in [6.45, 7) is 4.10. The minimum atomic E-state index is 0.444. The lowest BCUT2D eigenvalue weighted by Gasteiger charge is -2.10. The first kappa shape index (κ1) is 17.5. The van der Waals surface area contributed by atoms with Crippen LogP contribution in [0.5, 0.6) is 23.0 Å². The van der Waals surface area contributed by atoms with Crippen LogP contribution < -0.4 is 18.9 Å². The van der Waals surface area contributed by atoms with E-state index in [-0.39, 0.29) is 0 Å². The quantitative estimate of drug-likeness (QED) is 0.530. The van der Waals surface area contributed by atoms with Crippen LogP contribution in [0.1, 0.15) is 11.1 Å². The van der Waals surface area contributed by atoms with Crippen LogP contribution >= 0.6 is 0 Å². The summed E-state index contributed by atoms with van der Waals surface area (Å²) in [4.78, 5) is 0. The fraction of sp³-hybridized carbons (Fsp3) is 0.200. The Labute approximate surface area is 142 Å². The Hall–Kier alpha value is -2.88. The van der Waals surface area contributed by atoms with E-state index >= 15 is 0 Å². The molecule has 0 radical (unpaired) electrons. The number of ether oxygens (including phenoxy) is 4. The van der Waals surface area contributed by atoms with Crippen LogP contribution in [0.15, 0.2) is 49.1 Å². The summed E-state index contributed by atoms with van der Waals surface area (Å²) in [7, 11) is 4.88. The van der Waals surface area contributed by atoms with Crippen molar-refractivity contribution in [3.63, 3.8) is 0 Å². The first-order valence-corrected chi connectivity index (χ1v) is 7.53. The molecule has 2 aromatic carbocycles. The first-order chi connectivity index (χ1) is 11.7. The van der Waals surface area contributed by atoms with E-state index < -0.39 is 0 Å². The second-order valence-corrected chi connectivity index (χ2v) is 4.96. The molecular formula is C20H22O4. The highest BCUT2D eigenvalue weighted by molar-refractivity contribution is 5.75. The van der Waals surface area contributed by atoms with Crippen molar-refractivity contribution in [2.24, 2.45) is 0 Å². The molecule has 0 aromatic heterocycles. The fourth-order valence-corrected chi connectivity index (χ4v) is 2.28. The lowest BCUT2D eigenvalue weighted by atomic mass is 10.1. The van der Waals surface area contributed by atoms with Gasteiger partial charge < -0.3 is 18.9 Å². The molecule has 24 heavy (non-hydrogen) atoms. The molecule has 4 nitrogen and oxygen atoms in total. The van der Waals surface area contributed by atoms with Crippen molar-refractivity contribution in [2.75, 3.05) is 27.9 Å². The van der Waals surface area contributed by atoms with Crippen molar-refractivity contribution in [3.8, 4) is 23.0 Å². The Morgan fingerprint density at radius 2 is 1.71 bits per heavy atom. The van der Waals surface area contributed by atoms with Crippen LogP contribution in [0.2, 0.25) is 0 Å². The van der Waals surface area contributed by atoms with E-state index in [1.807, 2.05) is 48.6 Å². The van der Waals surface area contributed by atoms with Gasteiger partial charge in [0.05, 0.1) is 21.3 Å². The van der Waals surface area contributed by atoms with Gasteiger partial charge in [0.15, 0.2) is 11.5 Å². The second-order valence-electron chi connectivity index (χ2n) is 4.96. The third kappa shape index (κ3) is 4.32. The third-order valence-electron chi connectivity index (χ3n) is 3.39. The van der Waals surface area contributed by atoms with Gasteiger partial charge in [-0.2, -0.15) is 0 Å². The minimum Gasteiger partial charge on any atom is -0.497 e. The standard InChI is InChI=1S/C20H22O4/c1-5-11-24-18-13-15(12-17(14-18)21-2)9-10-16-7-6-8-19(22-3)20(16)23-4/h5-10,12-14H,1,11H2,2-4H3/b10-9+. The summed E-state index contributed by atoms with van der Waals surface area (Å²) in [5.74, 6) is 2.85. The van der Waals surface area contributed by atoms with Crippen molar-refractivity contribution < 1.29 is 18.9 Å². The van der Waals surface area contributed by atoms with E-state index in [2.05, 4.69) is 6.58 Å². The Morgan fingerprint density at radius 3 is 2.38 bits per heavy atom. The molecule has 2 aromatic rings. The molecule has 0 bridgehead atoms. The summed E-state index contributed by atoms with van der Waals surface area (Å²) >= 11 is 0. The number of benzene rings is 2. The van der Waals surface area contributed by atoms with Gasteiger partial charge in [0.1, 0.15) is 18.1 Å². The summed E-state index contributed by atoms with van der Waals surface area (Å²) < 4.78 is 21.7. The van der Waals surface area contributed by atoms with E-state index in [1.54, 1.807) is 27.4 Å². The Kier molecular flexibility index (Phi) is 6.32. The minimum absolute atomic E-state index is 0.444. The molecule has 4 heteroatoms. The molecule has 0 heterocycles. The molecule has 2 rings (SSSR count). The van der Waals surface area contributed by atoms with E-state index in [0.29, 0.717) is 18.1 Å². The highest BCUT2D eigenvalue weighted by Gasteiger charge is 2.07. The number of hydrogen-bond donors (Lipinski definition) is 0. The topological polar surface area (TPSA) is 36.9 Å². The van der Waals surface area contributed by atoms with Crippen LogP contribution in [0.3, 0.4) is 0 Å². The maximum absolute atomic E-state index is 5.60. The molecule has 0 aliphatic carbocycles. The summed E-state index contributed by atoms with van der Waals surface area (Å²) in [6, 6.07) is 11.5. The van der Waals surface area contributed by atoms with E-state index in [0.717, 1.165) is 22.6 Å². The molecular weight excluding hydrogens is 304 g/mol. The molecule has 0 aliphatic heterocycles. The molecule has 0 N–H and O–H groups in total. The van der Waals surface area contributed by atoms with Crippen molar-refractivity contribution in [1.29, 1.82) is 0 Å². The molecule has 0 saturated heterocycles. The fourth-order valence-electron chi connectivity index (χ4n) is 2.28. The Balaban J connectivity index is 2.33. The average molecular weight is 326 g/mol. The zero-order valence-corrected chi connectivity index (χ0v) is 14.2. The zero-order valence-electron chi connectivity index (χ0n) is 14.2. The Bertz CT molecular complexity index is 720. The molecule has 0 amide bonds. The molecule has 0 fully saturated rings. The smallest absolute Gasteiger partial charge is 0.167 e. The number of methoxy groups -OCH3 is 3. The van der Waals surface area contributed by atoms with Crippen molar-refractivity contribution >= 4 is 12.2 Å². The highest BCUT2D eigenvalue weighted by atomic mass is 16.5. The van der Waals surface area contributed by atoms with E-state index in [4.69, 9.17) is 18.9 Å². The normalized spacial score (nSPS) is 10.5. The predicted molar refractivity (Wildman–Crippen MR) is 97.2 cm³/mol. The molecule has 0 aliphatic rings. The molecule has 0 saturated carbocycles. The van der Waals surface area contributed by atoms with Gasteiger partial charge in [-0.3, -0.25) is 0 Å². The number of rotatable bonds is 8. The van der Waals surface area contributed by atoms with Gasteiger partial charge in [-0.1, -0.05) is 36.9 Å². The lowest BCUT2D eigenvalue weighted by Crippen LogP contribution is -1.94. The molecule has 0 atom stereocenters. The second kappa shape index (κ2) is 8.67. The Morgan fingerprint density at radius 1 is 0.917 bits per heavy atom. The summed E-state index contributed by atoms with van der Waals surface area (Å²) in [6.07, 6.45) is 5.64. The van der Waals surface area contributed by atoms with Crippen LogP contribution in [0.4, 0.5) is 0 Å². The van der Waals surface area contributed by atoms with Crippen LogP contribution in [0.25, 0.3) is 12.2 Å². The third-order valence-corrected chi connectivity index (χ3v) is 3.39. The molecule has 126 valence electrons. The van der Waals surface area contributed by atoms with Crippen LogP contribution in [0, 0.1) is 0 Å². The van der Waals surface area contributed by atoms with Crippen LogP contribution in [-0.2, 0) is 0 Å². The molecule has 0 unspecified atom stereocenters. The van der Waals surface area contributed by atoms with Crippen molar-refractivity contribution in [1.82, 2.24) is 0 Å². The number of hydrogen-bond acceptors (Lipinski definition) is 4. The highest BCUT2D eigenvalue weighted by Crippen LogP contribution is 2.32. The SMILES string of the molecule is C=CCOc1cc(/C=C/c2cccc(OC)c2OC)cc(OC)c1. The van der Waals surface area contributed by atoms with Gasteiger partial charge in [0.25, 0.3) is 0 Å². The van der Waals surface area contributed by atoms with Gasteiger partial charge >= 0.3 is 0 Å². The van der Waals surface area contributed by atoms with Crippen molar-refractivity contribution in [3.05, 3.63) is 60.2 Å². The van der Waals surface area contributed by atoms with E-state index in [1.165, 1.54) is 0 Å². The summed E-state index contributed by atoms with van der Waals surface area (Å²) in [5, 5.41) is 0. The maximum Gasteiger partial charge on any atom is 0.167 e. The van der Waals surface area contributed by atoms with Crippen LogP contribution in [-0.4, -0.2) is 27.9 Å². The van der Waals surface area contributed by atoms with Gasteiger partial charge in [-0.05, 0) is 23.8 Å². The van der Waals surface area contributed by atoms with Gasteiger partial charge in [-0.15, -0.1) is 0 Å². The maximum atomic E-state index is 5.60. The first-order valence-electron chi connectivity index (χ1n) is 7.53. The lowest BCUT2D eigenvalue weighted by molar-refractivity contribution is 0.354. The van der Waals surface area contributed by atoms with Gasteiger partial charge in [0.2, 0.25) is 0 Å². The monoisotopic (exact) mass is 326 g/mol. The largest absolute Gasteiger partial charge is 0.497 e. The van der Waals surface area contributed by atoms with Crippen molar-refractivity contribution in [2.45, 2.75) is 0 Å². The molecule has 0 spiro atoms. The summed E-state index contributed by atoms with van der Waals surface area (Å²) in [5.41, 5.74) is 1.88. The van der Waals surface area contributed by atoms with Gasteiger partial charge in [-0.25, -0.2) is 0 Å². The van der Waals surface area contributed by atoms with Gasteiger partial charge in [0, 0.05) is 11.6 Å². The number of para-hydroxylation sites is 1.